The molecule has 0 amide bonds. The predicted octanol–water partition coefficient (Wildman–Crippen LogP) is 11.9. The average Bonchev–Trinajstić information content (AvgIpc) is 3.47. The Hall–Kier alpha value is -1.36. The number of rotatable bonds is 33. The lowest BCUT2D eigenvalue weighted by Gasteiger charge is -2.27. The van der Waals surface area contributed by atoms with Crippen LogP contribution in [-0.2, 0) is 6.42 Å². The second-order valence-corrected chi connectivity index (χ2v) is 14.5. The monoisotopic (exact) mass is 641 g/mol. The summed E-state index contributed by atoms with van der Waals surface area (Å²) in [6.45, 7) is 6.76. The van der Waals surface area contributed by atoms with Crippen LogP contribution in [0.15, 0.2) is 30.5 Å². The quantitative estimate of drug-likeness (QED) is 0.0680. The normalized spacial score (nSPS) is 13.2. The molecule has 0 spiro atoms. The number of fused-ring (bicyclic) bond motifs is 1. The molecule has 0 saturated heterocycles. The lowest BCUT2D eigenvalue weighted by Crippen LogP contribution is -2.39. The number of aliphatic hydroxyl groups is 2. The van der Waals surface area contributed by atoms with Crippen LogP contribution in [0.2, 0.25) is 0 Å². The molecule has 4 heteroatoms. The molecule has 2 unspecified atom stereocenters. The van der Waals surface area contributed by atoms with Crippen molar-refractivity contribution in [2.75, 3.05) is 19.6 Å². The molecule has 1 aromatic heterocycles. The zero-order chi connectivity index (χ0) is 32.9. The zero-order valence-corrected chi connectivity index (χ0v) is 30.6. The van der Waals surface area contributed by atoms with Crippen LogP contribution in [0.3, 0.4) is 0 Å². The number of hydrogen-bond acceptors (Lipinski definition) is 3. The summed E-state index contributed by atoms with van der Waals surface area (Å²) in [5.41, 5.74) is 2.51. The van der Waals surface area contributed by atoms with Gasteiger partial charge in [-0.05, 0) is 30.9 Å². The van der Waals surface area contributed by atoms with Gasteiger partial charge in [0.2, 0.25) is 0 Å². The van der Waals surface area contributed by atoms with Gasteiger partial charge in [0.25, 0.3) is 0 Å². The first-order chi connectivity index (χ1) is 22.6. The summed E-state index contributed by atoms with van der Waals surface area (Å²) in [7, 11) is 0. The van der Waals surface area contributed by atoms with E-state index in [1.165, 1.54) is 158 Å². The van der Waals surface area contributed by atoms with E-state index in [1.807, 2.05) is 0 Å². The number of aromatic nitrogens is 1. The molecule has 0 radical (unpaired) electrons. The largest absolute Gasteiger partial charge is 0.392 e. The van der Waals surface area contributed by atoms with E-state index in [1.54, 1.807) is 0 Å². The second-order valence-electron chi connectivity index (χ2n) is 14.5. The summed E-state index contributed by atoms with van der Waals surface area (Å²) in [5.74, 6) is 0. The maximum Gasteiger partial charge on any atom is 0.0667 e. The van der Waals surface area contributed by atoms with Crippen molar-refractivity contribution in [3.8, 4) is 0 Å². The smallest absolute Gasteiger partial charge is 0.0667 e. The maximum atomic E-state index is 11.0. The number of H-pyrrole nitrogens is 1. The van der Waals surface area contributed by atoms with Gasteiger partial charge in [-0.2, -0.15) is 0 Å². The van der Waals surface area contributed by atoms with Crippen molar-refractivity contribution in [1.82, 2.24) is 9.88 Å². The third-order valence-electron chi connectivity index (χ3n) is 10.1. The Morgan fingerprint density at radius 3 is 1.37 bits per heavy atom. The average molecular weight is 641 g/mol. The summed E-state index contributed by atoms with van der Waals surface area (Å²) in [6, 6.07) is 8.50. The third-order valence-corrected chi connectivity index (χ3v) is 10.1. The van der Waals surface area contributed by atoms with E-state index < -0.39 is 0 Å². The van der Waals surface area contributed by atoms with Crippen molar-refractivity contribution in [3.63, 3.8) is 0 Å². The SMILES string of the molecule is CCCCCCCCCCCCCCC(O)CN(CCc1c[nH]c2ccccc12)CC(O)CCCCCCCCCCCCCC. The molecule has 0 aliphatic rings. The second kappa shape index (κ2) is 28.6. The van der Waals surface area contributed by atoms with Gasteiger partial charge in [0.05, 0.1) is 12.2 Å². The van der Waals surface area contributed by atoms with E-state index in [2.05, 4.69) is 54.2 Å². The molecule has 46 heavy (non-hydrogen) atoms. The first-order valence-corrected chi connectivity index (χ1v) is 20.3. The fraction of sp³-hybridized carbons (Fsp3) is 0.810. The minimum atomic E-state index is -0.315. The van der Waals surface area contributed by atoms with Gasteiger partial charge in [-0.15, -0.1) is 0 Å². The van der Waals surface area contributed by atoms with Crippen molar-refractivity contribution in [2.24, 2.45) is 0 Å². The van der Waals surface area contributed by atoms with Crippen LogP contribution in [-0.4, -0.2) is 51.9 Å². The molecule has 266 valence electrons. The highest BCUT2D eigenvalue weighted by Crippen LogP contribution is 2.20. The van der Waals surface area contributed by atoms with E-state index in [0.29, 0.717) is 13.1 Å². The summed E-state index contributed by atoms with van der Waals surface area (Å²) >= 11 is 0. The van der Waals surface area contributed by atoms with Crippen LogP contribution in [0.5, 0.6) is 0 Å². The Balaban J connectivity index is 1.63. The van der Waals surface area contributed by atoms with Gasteiger partial charge in [-0.3, -0.25) is 4.90 Å². The van der Waals surface area contributed by atoms with Gasteiger partial charge < -0.3 is 15.2 Å². The number of benzene rings is 1. The van der Waals surface area contributed by atoms with Crippen molar-refractivity contribution >= 4 is 10.9 Å². The Kier molecular flexibility index (Phi) is 25.4. The van der Waals surface area contributed by atoms with Crippen LogP contribution < -0.4 is 0 Å². The topological polar surface area (TPSA) is 59.5 Å². The van der Waals surface area contributed by atoms with Crippen molar-refractivity contribution in [3.05, 3.63) is 36.0 Å². The van der Waals surface area contributed by atoms with Gasteiger partial charge >= 0.3 is 0 Å². The molecule has 2 rings (SSSR count). The van der Waals surface area contributed by atoms with Gasteiger partial charge in [-0.25, -0.2) is 0 Å². The fourth-order valence-corrected chi connectivity index (χ4v) is 7.09. The molecule has 3 N–H and O–H groups in total. The number of hydrogen-bond donors (Lipinski definition) is 3. The number of unbranched alkanes of at least 4 members (excludes halogenated alkanes) is 22. The van der Waals surface area contributed by atoms with E-state index in [4.69, 9.17) is 0 Å². The van der Waals surface area contributed by atoms with Crippen LogP contribution in [0.25, 0.3) is 10.9 Å². The predicted molar refractivity (Wildman–Crippen MR) is 202 cm³/mol. The highest BCUT2D eigenvalue weighted by Gasteiger charge is 2.17. The molecule has 0 fully saturated rings. The summed E-state index contributed by atoms with van der Waals surface area (Å²) in [4.78, 5) is 5.74. The molecule has 0 bridgehead atoms. The molecular formula is C42H76N2O2. The molecule has 2 aromatic rings. The number of para-hydroxylation sites is 1. The minimum Gasteiger partial charge on any atom is -0.392 e. The standard InChI is InChI=1S/C42H76N2O2/c1-3-5-7-9-11-13-15-17-19-21-23-25-29-39(45)36-44(34-33-38-35-43-42-32-28-27-31-41(38)42)37-40(46)30-26-24-22-20-18-16-14-12-10-8-6-4-2/h27-28,31-32,35,39-40,43,45-46H,3-26,29-30,33-34,36-37H2,1-2H3. The summed E-state index contributed by atoms with van der Waals surface area (Å²) in [6.07, 6.45) is 36.4. The van der Waals surface area contributed by atoms with E-state index in [-0.39, 0.29) is 12.2 Å². The van der Waals surface area contributed by atoms with E-state index in [0.717, 1.165) is 38.6 Å². The first-order valence-electron chi connectivity index (χ1n) is 20.3. The fourth-order valence-electron chi connectivity index (χ4n) is 7.09. The van der Waals surface area contributed by atoms with Crippen molar-refractivity contribution in [2.45, 2.75) is 199 Å². The van der Waals surface area contributed by atoms with Crippen LogP contribution in [0, 0.1) is 0 Å². The Labute approximate surface area is 285 Å². The third kappa shape index (κ3) is 20.8. The van der Waals surface area contributed by atoms with E-state index in [9.17, 15) is 10.2 Å². The molecule has 1 aromatic carbocycles. The Morgan fingerprint density at radius 1 is 0.543 bits per heavy atom. The number of nitrogens with one attached hydrogen (secondary N) is 1. The maximum absolute atomic E-state index is 11.0. The number of aliphatic hydroxyl groups excluding tert-OH is 2. The van der Waals surface area contributed by atoms with Gasteiger partial charge in [0.15, 0.2) is 0 Å². The Bertz CT molecular complexity index is 891. The molecule has 0 saturated carbocycles. The zero-order valence-electron chi connectivity index (χ0n) is 30.6. The molecule has 4 nitrogen and oxygen atoms in total. The molecular weight excluding hydrogens is 564 g/mol. The van der Waals surface area contributed by atoms with Gasteiger partial charge in [-0.1, -0.05) is 186 Å². The van der Waals surface area contributed by atoms with Crippen molar-refractivity contribution in [1.29, 1.82) is 0 Å². The van der Waals surface area contributed by atoms with Gasteiger partial charge in [0, 0.05) is 36.7 Å². The minimum absolute atomic E-state index is 0.315. The van der Waals surface area contributed by atoms with Crippen LogP contribution in [0.1, 0.15) is 186 Å². The van der Waals surface area contributed by atoms with E-state index >= 15 is 0 Å². The molecule has 2 atom stereocenters. The highest BCUT2D eigenvalue weighted by molar-refractivity contribution is 5.83. The number of aromatic amines is 1. The van der Waals surface area contributed by atoms with Crippen molar-refractivity contribution < 1.29 is 10.2 Å². The summed E-state index contributed by atoms with van der Waals surface area (Å²) < 4.78 is 0. The van der Waals surface area contributed by atoms with Crippen LogP contribution >= 0.6 is 0 Å². The number of nitrogens with zero attached hydrogens (tertiary/aromatic N) is 1. The molecule has 1 heterocycles. The van der Waals surface area contributed by atoms with Crippen LogP contribution in [0.4, 0.5) is 0 Å². The molecule has 0 aliphatic heterocycles. The Morgan fingerprint density at radius 2 is 0.935 bits per heavy atom. The lowest BCUT2D eigenvalue weighted by molar-refractivity contribution is 0.0611. The van der Waals surface area contributed by atoms with Gasteiger partial charge in [0.1, 0.15) is 0 Å². The molecule has 0 aliphatic carbocycles. The lowest BCUT2D eigenvalue weighted by atomic mass is 10.0. The highest BCUT2D eigenvalue weighted by atomic mass is 16.3. The summed E-state index contributed by atoms with van der Waals surface area (Å²) in [5, 5.41) is 23.3. The first kappa shape index (κ1) is 40.8.